The summed E-state index contributed by atoms with van der Waals surface area (Å²) in [5, 5.41) is 6.22. The average molecular weight is 193 g/mol. The van der Waals surface area contributed by atoms with Gasteiger partial charge in [0, 0.05) is 12.8 Å². The molecule has 14 heavy (non-hydrogen) atoms. The van der Waals surface area contributed by atoms with Crippen molar-refractivity contribution in [3.63, 3.8) is 0 Å². The summed E-state index contributed by atoms with van der Waals surface area (Å²) in [6.07, 6.45) is 0.697. The highest BCUT2D eigenvalue weighted by molar-refractivity contribution is 6.39. The molecule has 0 aromatic carbocycles. The molecular formula is C9H11N3O2. The van der Waals surface area contributed by atoms with Crippen molar-refractivity contribution < 1.29 is 9.59 Å². The van der Waals surface area contributed by atoms with Gasteiger partial charge < -0.3 is 5.32 Å². The number of nitrogens with zero attached hydrogens (tertiary/aromatic N) is 1. The molecule has 2 amide bonds. The van der Waals surface area contributed by atoms with Gasteiger partial charge in [-0.2, -0.15) is 5.10 Å². The second-order valence-electron chi connectivity index (χ2n) is 2.70. The fraction of sp³-hybridized carbons (Fsp3) is 0.444. The highest BCUT2D eigenvalue weighted by Crippen LogP contribution is 1.98. The average Bonchev–Trinajstić information content (AvgIpc) is 2.19. The normalized spacial score (nSPS) is 14.6. The first kappa shape index (κ1) is 10.3. The van der Waals surface area contributed by atoms with Crippen LogP contribution in [0.2, 0.25) is 0 Å². The summed E-state index contributed by atoms with van der Waals surface area (Å²) in [5.41, 5.74) is 2.61. The molecule has 1 aliphatic heterocycles. The fourth-order valence-electron chi connectivity index (χ4n) is 0.953. The predicted molar refractivity (Wildman–Crippen MR) is 51.3 cm³/mol. The minimum Gasteiger partial charge on any atom is -0.340 e. The van der Waals surface area contributed by atoms with Crippen LogP contribution in [0.1, 0.15) is 19.8 Å². The summed E-state index contributed by atoms with van der Waals surface area (Å²) in [6.45, 7) is 2.01. The zero-order valence-electron chi connectivity index (χ0n) is 7.89. The van der Waals surface area contributed by atoms with Crippen LogP contribution in [-0.4, -0.2) is 24.1 Å². The van der Waals surface area contributed by atoms with Crippen molar-refractivity contribution in [1.82, 2.24) is 10.7 Å². The number of carbonyl (C=O) groups is 2. The van der Waals surface area contributed by atoms with Crippen molar-refractivity contribution in [3.05, 3.63) is 0 Å². The Labute approximate surface area is 81.9 Å². The Hall–Kier alpha value is -1.83. The first-order chi connectivity index (χ1) is 6.74. The molecule has 74 valence electrons. The quantitative estimate of drug-likeness (QED) is 0.574. The van der Waals surface area contributed by atoms with Gasteiger partial charge in [-0.05, 0) is 6.92 Å². The van der Waals surface area contributed by atoms with Crippen LogP contribution >= 0.6 is 0 Å². The van der Waals surface area contributed by atoms with E-state index in [1.807, 2.05) is 0 Å². The number of nitrogens with one attached hydrogen (secondary N) is 2. The summed E-state index contributed by atoms with van der Waals surface area (Å²) in [7, 11) is 0. The Morgan fingerprint density at radius 2 is 2.43 bits per heavy atom. The van der Waals surface area contributed by atoms with Gasteiger partial charge in [-0.3, -0.25) is 9.59 Å². The van der Waals surface area contributed by atoms with Crippen LogP contribution < -0.4 is 10.7 Å². The number of rotatable bonds is 2. The monoisotopic (exact) mass is 193 g/mol. The van der Waals surface area contributed by atoms with Crippen molar-refractivity contribution >= 4 is 17.5 Å². The second-order valence-corrected chi connectivity index (χ2v) is 2.70. The second kappa shape index (κ2) is 5.02. The maximum absolute atomic E-state index is 11.3. The molecule has 0 unspecified atom stereocenters. The topological polar surface area (TPSA) is 70.6 Å². The van der Waals surface area contributed by atoms with E-state index in [4.69, 9.17) is 0 Å². The highest BCUT2D eigenvalue weighted by atomic mass is 16.2. The molecule has 0 bridgehead atoms. The summed E-state index contributed by atoms with van der Waals surface area (Å²) >= 11 is 0. The minimum atomic E-state index is -0.271. The molecule has 1 aliphatic rings. The molecule has 0 aromatic heterocycles. The SMILES string of the molecule is CC#CCNC(=O)C1=NNC(=O)CC1. The van der Waals surface area contributed by atoms with Gasteiger partial charge in [-0.15, -0.1) is 5.92 Å². The van der Waals surface area contributed by atoms with E-state index in [0.717, 1.165) is 0 Å². The van der Waals surface area contributed by atoms with Crippen LogP contribution in [0.3, 0.4) is 0 Å². The smallest absolute Gasteiger partial charge is 0.268 e. The highest BCUT2D eigenvalue weighted by Gasteiger charge is 2.17. The van der Waals surface area contributed by atoms with Crippen molar-refractivity contribution in [3.8, 4) is 11.8 Å². The van der Waals surface area contributed by atoms with Crippen molar-refractivity contribution in [2.75, 3.05) is 6.54 Å². The zero-order chi connectivity index (χ0) is 10.4. The predicted octanol–water partition coefficient (Wildman–Crippen LogP) is -0.608. The number of hydrazone groups is 1. The lowest BCUT2D eigenvalue weighted by molar-refractivity contribution is -0.121. The van der Waals surface area contributed by atoms with Crippen molar-refractivity contribution in [2.45, 2.75) is 19.8 Å². The van der Waals surface area contributed by atoms with Gasteiger partial charge in [0.1, 0.15) is 5.71 Å². The number of hydrogen-bond donors (Lipinski definition) is 2. The first-order valence-corrected chi connectivity index (χ1v) is 4.27. The van der Waals surface area contributed by atoms with E-state index in [1.165, 1.54) is 0 Å². The van der Waals surface area contributed by atoms with Crippen LogP contribution in [0.5, 0.6) is 0 Å². The standard InChI is InChI=1S/C9H11N3O2/c1-2-3-6-10-9(14)7-4-5-8(13)12-11-7/h4-6H2,1H3,(H,10,14)(H,12,13). The lowest BCUT2D eigenvalue weighted by Crippen LogP contribution is -2.36. The number of carbonyl (C=O) groups excluding carboxylic acids is 2. The van der Waals surface area contributed by atoms with Crippen molar-refractivity contribution in [1.29, 1.82) is 0 Å². The third-order valence-electron chi connectivity index (χ3n) is 1.68. The maximum Gasteiger partial charge on any atom is 0.268 e. The maximum atomic E-state index is 11.3. The Balaban J connectivity index is 2.43. The lowest BCUT2D eigenvalue weighted by atomic mass is 10.1. The van der Waals surface area contributed by atoms with E-state index in [9.17, 15) is 9.59 Å². The molecule has 2 N–H and O–H groups in total. The number of hydrogen-bond acceptors (Lipinski definition) is 3. The third-order valence-corrected chi connectivity index (χ3v) is 1.68. The molecule has 0 spiro atoms. The summed E-state index contributed by atoms with van der Waals surface area (Å²) in [4.78, 5) is 22.0. The van der Waals surface area contributed by atoms with E-state index >= 15 is 0 Å². The molecule has 5 nitrogen and oxygen atoms in total. The zero-order valence-corrected chi connectivity index (χ0v) is 7.89. The van der Waals surface area contributed by atoms with E-state index in [1.54, 1.807) is 6.92 Å². The first-order valence-electron chi connectivity index (χ1n) is 4.27. The molecule has 0 aromatic rings. The Bertz CT molecular complexity index is 336. The molecule has 0 fully saturated rings. The summed E-state index contributed by atoms with van der Waals surface area (Å²) in [5.74, 6) is 4.93. The van der Waals surface area contributed by atoms with Crippen LogP contribution in [0, 0.1) is 11.8 Å². The van der Waals surface area contributed by atoms with E-state index in [2.05, 4.69) is 27.7 Å². The molecule has 5 heteroatoms. The van der Waals surface area contributed by atoms with Crippen molar-refractivity contribution in [2.24, 2.45) is 5.10 Å². The Morgan fingerprint density at radius 1 is 1.64 bits per heavy atom. The molecule has 0 saturated heterocycles. The van der Waals surface area contributed by atoms with Gasteiger partial charge in [0.2, 0.25) is 5.91 Å². The van der Waals surface area contributed by atoms with Gasteiger partial charge in [-0.1, -0.05) is 5.92 Å². The van der Waals surface area contributed by atoms with E-state index in [0.29, 0.717) is 25.1 Å². The molecular weight excluding hydrogens is 182 g/mol. The van der Waals surface area contributed by atoms with Crippen LogP contribution in [0.25, 0.3) is 0 Å². The molecule has 0 atom stereocenters. The Kier molecular flexibility index (Phi) is 3.68. The van der Waals surface area contributed by atoms with E-state index < -0.39 is 0 Å². The van der Waals surface area contributed by atoms with Gasteiger partial charge in [-0.25, -0.2) is 5.43 Å². The molecule has 0 aliphatic carbocycles. The van der Waals surface area contributed by atoms with Crippen LogP contribution in [0.4, 0.5) is 0 Å². The molecule has 0 saturated carbocycles. The van der Waals surface area contributed by atoms with Gasteiger partial charge in [0.05, 0.1) is 6.54 Å². The van der Waals surface area contributed by atoms with Crippen LogP contribution in [-0.2, 0) is 9.59 Å². The van der Waals surface area contributed by atoms with Gasteiger partial charge in [0.15, 0.2) is 0 Å². The Morgan fingerprint density at radius 3 is 3.00 bits per heavy atom. The van der Waals surface area contributed by atoms with Gasteiger partial charge >= 0.3 is 0 Å². The minimum absolute atomic E-state index is 0.158. The largest absolute Gasteiger partial charge is 0.340 e. The molecule has 1 rings (SSSR count). The van der Waals surface area contributed by atoms with Crippen LogP contribution in [0.15, 0.2) is 5.10 Å². The number of amides is 2. The van der Waals surface area contributed by atoms with E-state index in [-0.39, 0.29) is 11.8 Å². The van der Waals surface area contributed by atoms with Gasteiger partial charge in [0.25, 0.3) is 5.91 Å². The fourth-order valence-corrected chi connectivity index (χ4v) is 0.953. The third kappa shape index (κ3) is 2.90. The molecule has 0 radical (unpaired) electrons. The lowest BCUT2D eigenvalue weighted by Gasteiger charge is -2.10. The summed E-state index contributed by atoms with van der Waals surface area (Å²) < 4.78 is 0. The summed E-state index contributed by atoms with van der Waals surface area (Å²) in [6, 6.07) is 0. The molecule has 1 heterocycles.